The topological polar surface area (TPSA) is 64.6 Å². The molecular formula is C20H27NO4. The van der Waals surface area contributed by atoms with E-state index in [1.54, 1.807) is 24.3 Å². The van der Waals surface area contributed by atoms with Gasteiger partial charge in [0.2, 0.25) is 0 Å². The van der Waals surface area contributed by atoms with Crippen LogP contribution in [0.5, 0.6) is 0 Å². The van der Waals surface area contributed by atoms with Gasteiger partial charge in [-0.2, -0.15) is 0 Å². The van der Waals surface area contributed by atoms with Crippen LogP contribution in [0.2, 0.25) is 0 Å². The second-order valence-corrected chi connectivity index (χ2v) is 7.56. The van der Waals surface area contributed by atoms with E-state index in [1.165, 1.54) is 0 Å². The van der Waals surface area contributed by atoms with E-state index in [1.807, 2.05) is 41.5 Å². The van der Waals surface area contributed by atoms with Crippen molar-refractivity contribution < 1.29 is 19.1 Å². The molecule has 5 nitrogen and oxygen atoms in total. The Labute approximate surface area is 150 Å². The van der Waals surface area contributed by atoms with Gasteiger partial charge in [0.05, 0.1) is 5.56 Å². The maximum atomic E-state index is 11.9. The van der Waals surface area contributed by atoms with E-state index in [2.05, 4.69) is 17.2 Å². The minimum atomic E-state index is -0.517. The molecule has 136 valence electrons. The van der Waals surface area contributed by atoms with Gasteiger partial charge in [-0.25, -0.2) is 9.59 Å². The van der Waals surface area contributed by atoms with Gasteiger partial charge >= 0.3 is 12.1 Å². The first kappa shape index (κ1) is 20.6. The molecule has 0 saturated carbocycles. The zero-order valence-corrected chi connectivity index (χ0v) is 15.9. The highest BCUT2D eigenvalue weighted by Gasteiger charge is 2.17. The van der Waals surface area contributed by atoms with Crippen molar-refractivity contribution in [1.29, 1.82) is 0 Å². The maximum Gasteiger partial charge on any atom is 0.407 e. The third kappa shape index (κ3) is 9.41. The Bertz CT molecular complexity index is 652. The number of hydrogen-bond acceptors (Lipinski definition) is 4. The average molecular weight is 345 g/mol. The number of alkyl carbamates (subject to hydrolysis) is 1. The van der Waals surface area contributed by atoms with Crippen molar-refractivity contribution in [2.45, 2.75) is 59.2 Å². The van der Waals surface area contributed by atoms with E-state index in [9.17, 15) is 9.59 Å². The molecule has 1 aromatic carbocycles. The van der Waals surface area contributed by atoms with Crippen molar-refractivity contribution in [2.24, 2.45) is 0 Å². The molecule has 0 saturated heterocycles. The second-order valence-electron chi connectivity index (χ2n) is 7.56. The van der Waals surface area contributed by atoms with Gasteiger partial charge in [-0.1, -0.05) is 11.8 Å². The first-order valence-electron chi connectivity index (χ1n) is 8.25. The lowest BCUT2D eigenvalue weighted by Crippen LogP contribution is -2.32. The summed E-state index contributed by atoms with van der Waals surface area (Å²) in [7, 11) is 0. The normalized spacial score (nSPS) is 11.1. The summed E-state index contributed by atoms with van der Waals surface area (Å²) < 4.78 is 10.4. The first-order valence-corrected chi connectivity index (χ1v) is 8.25. The summed E-state index contributed by atoms with van der Waals surface area (Å²) in [4.78, 5) is 23.4. The molecular weight excluding hydrogens is 318 g/mol. The van der Waals surface area contributed by atoms with E-state index in [4.69, 9.17) is 9.47 Å². The third-order valence-electron chi connectivity index (χ3n) is 2.67. The van der Waals surface area contributed by atoms with Gasteiger partial charge in [0.1, 0.15) is 11.2 Å². The smallest absolute Gasteiger partial charge is 0.407 e. The molecule has 5 heteroatoms. The molecule has 0 aromatic heterocycles. The third-order valence-corrected chi connectivity index (χ3v) is 2.67. The number of esters is 1. The van der Waals surface area contributed by atoms with Crippen LogP contribution in [0.4, 0.5) is 4.79 Å². The molecule has 1 rings (SSSR count). The summed E-state index contributed by atoms with van der Waals surface area (Å²) in [5.74, 6) is 5.60. The molecule has 1 amide bonds. The van der Waals surface area contributed by atoms with E-state index in [0.717, 1.165) is 5.56 Å². The maximum absolute atomic E-state index is 11.9. The zero-order valence-electron chi connectivity index (χ0n) is 15.9. The predicted molar refractivity (Wildman–Crippen MR) is 97.3 cm³/mol. The molecule has 0 radical (unpaired) electrons. The van der Waals surface area contributed by atoms with Gasteiger partial charge < -0.3 is 14.8 Å². The monoisotopic (exact) mass is 345 g/mol. The molecule has 0 aliphatic heterocycles. The van der Waals surface area contributed by atoms with Crippen LogP contribution in [0.15, 0.2) is 24.3 Å². The van der Waals surface area contributed by atoms with Crippen LogP contribution < -0.4 is 5.32 Å². The predicted octanol–water partition coefficient (Wildman–Crippen LogP) is 3.91. The molecule has 0 aliphatic carbocycles. The summed E-state index contributed by atoms with van der Waals surface area (Å²) in [5.41, 5.74) is 0.263. The minimum Gasteiger partial charge on any atom is -0.456 e. The van der Waals surface area contributed by atoms with Crippen LogP contribution in [-0.4, -0.2) is 29.8 Å². The minimum absolute atomic E-state index is 0.353. The van der Waals surface area contributed by atoms with Gasteiger partial charge in [-0.15, -0.1) is 0 Å². The number of ether oxygens (including phenoxy) is 2. The van der Waals surface area contributed by atoms with E-state index in [-0.39, 0.29) is 5.97 Å². The Kier molecular flexibility index (Phi) is 7.05. The molecule has 1 aromatic rings. The number of carbonyl (C=O) groups is 2. The molecule has 0 unspecified atom stereocenters. The van der Waals surface area contributed by atoms with Gasteiger partial charge in [0.25, 0.3) is 0 Å². The Morgan fingerprint density at radius 2 is 1.52 bits per heavy atom. The van der Waals surface area contributed by atoms with Gasteiger partial charge in [-0.3, -0.25) is 0 Å². The molecule has 0 fully saturated rings. The molecule has 0 bridgehead atoms. The molecule has 1 N–H and O–H groups in total. The van der Waals surface area contributed by atoms with Gasteiger partial charge in [0, 0.05) is 18.5 Å². The highest BCUT2D eigenvalue weighted by molar-refractivity contribution is 5.89. The highest BCUT2D eigenvalue weighted by atomic mass is 16.6. The lowest BCUT2D eigenvalue weighted by molar-refractivity contribution is 0.00692. The van der Waals surface area contributed by atoms with Crippen molar-refractivity contribution in [3.63, 3.8) is 0 Å². The van der Waals surface area contributed by atoms with Crippen molar-refractivity contribution >= 4 is 12.1 Å². The van der Waals surface area contributed by atoms with Crippen molar-refractivity contribution in [3.05, 3.63) is 35.4 Å². The number of benzene rings is 1. The summed E-state index contributed by atoms with van der Waals surface area (Å²) in [5, 5.41) is 2.65. The Morgan fingerprint density at radius 1 is 0.960 bits per heavy atom. The molecule has 0 spiro atoms. The van der Waals surface area contributed by atoms with Crippen LogP contribution in [0.25, 0.3) is 0 Å². The van der Waals surface area contributed by atoms with Gasteiger partial charge in [0.15, 0.2) is 0 Å². The lowest BCUT2D eigenvalue weighted by Gasteiger charge is -2.19. The Balaban J connectivity index is 2.45. The number of carbonyl (C=O) groups excluding carboxylic acids is 2. The van der Waals surface area contributed by atoms with Crippen molar-refractivity contribution in [1.82, 2.24) is 5.32 Å². The summed E-state index contributed by atoms with van der Waals surface area (Å²) in [6.07, 6.45) is 0.0589. The lowest BCUT2D eigenvalue weighted by atomic mass is 10.1. The summed E-state index contributed by atoms with van der Waals surface area (Å²) in [6.45, 7) is 11.3. The SMILES string of the molecule is CC(C)(C)OC(=O)NCCC#Cc1ccc(C(=O)OC(C)(C)C)cc1. The summed E-state index contributed by atoms with van der Waals surface area (Å²) >= 11 is 0. The zero-order chi connectivity index (χ0) is 19.1. The first-order chi connectivity index (χ1) is 11.5. The number of hydrogen-bond donors (Lipinski definition) is 1. The number of rotatable bonds is 3. The fraction of sp³-hybridized carbons (Fsp3) is 0.500. The Hall–Kier alpha value is -2.48. The van der Waals surface area contributed by atoms with Crippen molar-refractivity contribution in [3.8, 4) is 11.8 Å². The van der Waals surface area contributed by atoms with E-state index in [0.29, 0.717) is 18.5 Å². The molecule has 0 atom stereocenters. The van der Waals surface area contributed by atoms with E-state index < -0.39 is 17.3 Å². The standard InChI is InChI=1S/C20H27NO4/c1-19(2,3)24-17(22)16-12-10-15(11-13-16)9-7-8-14-21-18(23)25-20(4,5)6/h10-13H,8,14H2,1-6H3,(H,21,23). The molecule has 25 heavy (non-hydrogen) atoms. The van der Waals surface area contributed by atoms with Crippen LogP contribution in [0.1, 0.15) is 63.9 Å². The average Bonchev–Trinajstić information content (AvgIpc) is 2.43. The van der Waals surface area contributed by atoms with Gasteiger partial charge in [-0.05, 0) is 65.8 Å². The number of amides is 1. The second kappa shape index (κ2) is 8.57. The quantitative estimate of drug-likeness (QED) is 0.512. The van der Waals surface area contributed by atoms with Crippen LogP contribution in [0.3, 0.4) is 0 Å². The Morgan fingerprint density at radius 3 is 2.04 bits per heavy atom. The van der Waals surface area contributed by atoms with E-state index >= 15 is 0 Å². The highest BCUT2D eigenvalue weighted by Crippen LogP contribution is 2.12. The largest absolute Gasteiger partial charge is 0.456 e. The fourth-order valence-corrected chi connectivity index (χ4v) is 1.73. The van der Waals surface area contributed by atoms with Crippen LogP contribution in [0, 0.1) is 11.8 Å². The number of nitrogens with one attached hydrogen (secondary N) is 1. The van der Waals surface area contributed by atoms with Crippen LogP contribution in [-0.2, 0) is 9.47 Å². The molecule has 0 aliphatic rings. The fourth-order valence-electron chi connectivity index (χ4n) is 1.73. The molecule has 0 heterocycles. The van der Waals surface area contributed by atoms with Crippen LogP contribution >= 0.6 is 0 Å². The van der Waals surface area contributed by atoms with Crippen molar-refractivity contribution in [2.75, 3.05) is 6.54 Å². The summed E-state index contributed by atoms with van der Waals surface area (Å²) in [6, 6.07) is 6.93.